The van der Waals surface area contributed by atoms with E-state index in [-0.39, 0.29) is 31.2 Å². The van der Waals surface area contributed by atoms with E-state index >= 15 is 0 Å². The van der Waals surface area contributed by atoms with Crippen LogP contribution in [0.5, 0.6) is 11.5 Å². The molecule has 0 saturated carbocycles. The highest BCUT2D eigenvalue weighted by Gasteiger charge is 2.37. The van der Waals surface area contributed by atoms with Crippen molar-refractivity contribution in [2.24, 2.45) is 0 Å². The summed E-state index contributed by atoms with van der Waals surface area (Å²) in [7, 11) is 3.05. The van der Waals surface area contributed by atoms with Gasteiger partial charge in [-0.15, -0.1) is 0 Å². The summed E-state index contributed by atoms with van der Waals surface area (Å²) in [5, 5.41) is 6.54. The molecule has 9 heteroatoms. The number of fused-ring (bicyclic) bond motifs is 1. The van der Waals surface area contributed by atoms with Crippen LogP contribution in [0.3, 0.4) is 0 Å². The summed E-state index contributed by atoms with van der Waals surface area (Å²) in [6.07, 6.45) is 2.74. The Hall–Kier alpha value is -4.01. The van der Waals surface area contributed by atoms with Gasteiger partial charge in [0.15, 0.2) is 0 Å². The number of rotatable bonds is 9. The Bertz CT molecular complexity index is 1170. The van der Waals surface area contributed by atoms with E-state index in [9.17, 15) is 14.4 Å². The number of hydrogen-bond donors (Lipinski definition) is 3. The van der Waals surface area contributed by atoms with Gasteiger partial charge in [-0.05, 0) is 24.5 Å². The van der Waals surface area contributed by atoms with Crippen LogP contribution in [0.15, 0.2) is 48.7 Å². The summed E-state index contributed by atoms with van der Waals surface area (Å²) in [6, 6.07) is 11.8. The SMILES string of the molecule is COc1cc(NC(=O)CCC2NC(=O)N(CCc3c[nH]c4ccccc34)C2=O)cc(OC)c1. The molecule has 1 atom stereocenters. The van der Waals surface area contributed by atoms with Crippen LogP contribution in [-0.2, 0) is 16.0 Å². The number of amides is 4. The number of carbonyl (C=O) groups excluding carboxylic acids is 3. The molecule has 0 aliphatic carbocycles. The number of nitrogens with one attached hydrogen (secondary N) is 3. The number of aromatic amines is 1. The van der Waals surface area contributed by atoms with Gasteiger partial charge in [0.25, 0.3) is 5.91 Å². The molecule has 172 valence electrons. The Morgan fingerprint density at radius 3 is 2.55 bits per heavy atom. The highest BCUT2D eigenvalue weighted by molar-refractivity contribution is 6.04. The standard InChI is InChI=1S/C24H26N4O5/c1-32-17-11-16(12-18(13-17)33-2)26-22(29)8-7-21-23(30)28(24(31)27-21)10-9-15-14-25-20-6-4-3-5-19(15)20/h3-6,11-14,21,25H,7-10H2,1-2H3,(H,26,29)(H,27,31). The largest absolute Gasteiger partial charge is 0.497 e. The van der Waals surface area contributed by atoms with Gasteiger partial charge in [-0.3, -0.25) is 14.5 Å². The maximum absolute atomic E-state index is 12.7. The molecule has 1 saturated heterocycles. The van der Waals surface area contributed by atoms with Gasteiger partial charge in [0.1, 0.15) is 17.5 Å². The number of H-pyrrole nitrogens is 1. The lowest BCUT2D eigenvalue weighted by molar-refractivity contribution is -0.127. The summed E-state index contributed by atoms with van der Waals surface area (Å²) >= 11 is 0. The van der Waals surface area contributed by atoms with Crippen LogP contribution in [0, 0.1) is 0 Å². The Balaban J connectivity index is 1.31. The molecule has 1 aliphatic rings. The molecule has 1 unspecified atom stereocenters. The predicted molar refractivity (Wildman–Crippen MR) is 123 cm³/mol. The second kappa shape index (κ2) is 9.64. The van der Waals surface area contributed by atoms with Gasteiger partial charge in [-0.2, -0.15) is 0 Å². The highest BCUT2D eigenvalue weighted by Crippen LogP contribution is 2.26. The van der Waals surface area contributed by atoms with Crippen molar-refractivity contribution >= 4 is 34.4 Å². The maximum atomic E-state index is 12.7. The van der Waals surface area contributed by atoms with Crippen molar-refractivity contribution < 1.29 is 23.9 Å². The van der Waals surface area contributed by atoms with Gasteiger partial charge in [0.05, 0.1) is 14.2 Å². The topological polar surface area (TPSA) is 113 Å². The van der Waals surface area contributed by atoms with E-state index in [0.717, 1.165) is 16.5 Å². The molecule has 3 aromatic rings. The van der Waals surface area contributed by atoms with Gasteiger partial charge in [-0.25, -0.2) is 4.79 Å². The lowest BCUT2D eigenvalue weighted by Crippen LogP contribution is -2.33. The summed E-state index contributed by atoms with van der Waals surface area (Å²) < 4.78 is 10.4. The third kappa shape index (κ3) is 4.92. The minimum Gasteiger partial charge on any atom is -0.497 e. The fourth-order valence-corrected chi connectivity index (χ4v) is 3.93. The summed E-state index contributed by atoms with van der Waals surface area (Å²) in [6.45, 7) is 0.277. The second-order valence-electron chi connectivity index (χ2n) is 7.79. The molecule has 0 spiro atoms. The first kappa shape index (κ1) is 22.2. The lowest BCUT2D eigenvalue weighted by Gasteiger charge is -2.13. The molecule has 4 amide bonds. The molecule has 2 heterocycles. The normalized spacial score (nSPS) is 15.6. The molecule has 4 rings (SSSR count). The number of para-hydroxylation sites is 1. The zero-order chi connectivity index (χ0) is 23.4. The van der Waals surface area contributed by atoms with Crippen LogP contribution in [-0.4, -0.2) is 54.5 Å². The second-order valence-corrected chi connectivity index (χ2v) is 7.79. The van der Waals surface area contributed by atoms with Crippen LogP contribution in [0.25, 0.3) is 10.9 Å². The summed E-state index contributed by atoms with van der Waals surface area (Å²) in [5.41, 5.74) is 2.59. The van der Waals surface area contributed by atoms with Crippen molar-refractivity contribution in [2.75, 3.05) is 26.1 Å². The zero-order valence-corrected chi connectivity index (χ0v) is 18.5. The van der Waals surface area contributed by atoms with Crippen molar-refractivity contribution in [1.82, 2.24) is 15.2 Å². The van der Waals surface area contributed by atoms with E-state index < -0.39 is 12.1 Å². The van der Waals surface area contributed by atoms with Gasteiger partial charge >= 0.3 is 6.03 Å². The Morgan fingerprint density at radius 1 is 1.09 bits per heavy atom. The monoisotopic (exact) mass is 450 g/mol. The van der Waals surface area contributed by atoms with Crippen molar-refractivity contribution in [3.05, 3.63) is 54.2 Å². The molecular formula is C24H26N4O5. The molecule has 0 bridgehead atoms. The fourth-order valence-electron chi connectivity index (χ4n) is 3.93. The highest BCUT2D eigenvalue weighted by atomic mass is 16.5. The predicted octanol–water partition coefficient (Wildman–Crippen LogP) is 3.07. The Morgan fingerprint density at radius 2 is 1.82 bits per heavy atom. The quantitative estimate of drug-likeness (QED) is 0.434. The smallest absolute Gasteiger partial charge is 0.324 e. The fraction of sp³-hybridized carbons (Fsp3) is 0.292. The number of benzene rings is 2. The third-order valence-corrected chi connectivity index (χ3v) is 5.68. The van der Waals surface area contributed by atoms with E-state index in [2.05, 4.69) is 15.6 Å². The van der Waals surface area contributed by atoms with Gasteiger partial charge < -0.3 is 25.1 Å². The van der Waals surface area contributed by atoms with Gasteiger partial charge in [0.2, 0.25) is 5.91 Å². The van der Waals surface area contributed by atoms with Crippen molar-refractivity contribution in [3.8, 4) is 11.5 Å². The van der Waals surface area contributed by atoms with Crippen LogP contribution < -0.4 is 20.1 Å². The average molecular weight is 450 g/mol. The van der Waals surface area contributed by atoms with Crippen LogP contribution in [0.2, 0.25) is 0 Å². The molecule has 1 aromatic heterocycles. The number of ether oxygens (including phenoxy) is 2. The summed E-state index contributed by atoms with van der Waals surface area (Å²) in [5.74, 6) is 0.516. The maximum Gasteiger partial charge on any atom is 0.324 e. The number of nitrogens with zero attached hydrogens (tertiary/aromatic N) is 1. The van der Waals surface area contributed by atoms with Gasteiger partial charge in [0, 0.05) is 54.0 Å². The van der Waals surface area contributed by atoms with Gasteiger partial charge in [-0.1, -0.05) is 18.2 Å². The zero-order valence-electron chi connectivity index (χ0n) is 18.5. The molecule has 33 heavy (non-hydrogen) atoms. The van der Waals surface area contributed by atoms with Crippen molar-refractivity contribution in [3.63, 3.8) is 0 Å². The minimum atomic E-state index is -0.717. The molecule has 3 N–H and O–H groups in total. The number of hydrogen-bond acceptors (Lipinski definition) is 5. The van der Waals surface area contributed by atoms with Crippen LogP contribution in [0.1, 0.15) is 18.4 Å². The minimum absolute atomic E-state index is 0.0759. The van der Waals surface area contributed by atoms with Crippen LogP contribution >= 0.6 is 0 Å². The molecule has 1 fully saturated rings. The first-order chi connectivity index (χ1) is 16.0. The molecule has 2 aromatic carbocycles. The Kier molecular flexibility index (Phi) is 6.48. The number of anilines is 1. The number of aromatic nitrogens is 1. The van der Waals surface area contributed by atoms with E-state index in [0.29, 0.717) is 23.6 Å². The molecule has 9 nitrogen and oxygen atoms in total. The van der Waals surface area contributed by atoms with E-state index in [1.54, 1.807) is 18.2 Å². The lowest BCUT2D eigenvalue weighted by atomic mass is 10.1. The van der Waals surface area contributed by atoms with Crippen LogP contribution in [0.4, 0.5) is 10.5 Å². The molecule has 0 radical (unpaired) electrons. The van der Waals surface area contributed by atoms with Crippen molar-refractivity contribution in [1.29, 1.82) is 0 Å². The van der Waals surface area contributed by atoms with E-state index in [1.807, 2.05) is 30.5 Å². The number of methoxy groups -OCH3 is 2. The summed E-state index contributed by atoms with van der Waals surface area (Å²) in [4.78, 5) is 41.9. The van der Waals surface area contributed by atoms with Crippen molar-refractivity contribution in [2.45, 2.75) is 25.3 Å². The average Bonchev–Trinajstić information content (AvgIpc) is 3.35. The first-order valence-electron chi connectivity index (χ1n) is 10.7. The number of urea groups is 1. The van der Waals surface area contributed by atoms with E-state index in [4.69, 9.17) is 9.47 Å². The Labute approximate surface area is 191 Å². The third-order valence-electron chi connectivity index (χ3n) is 5.68. The molecular weight excluding hydrogens is 424 g/mol. The number of imide groups is 1. The number of carbonyl (C=O) groups is 3. The first-order valence-corrected chi connectivity index (χ1v) is 10.7. The van der Waals surface area contributed by atoms with E-state index in [1.165, 1.54) is 19.1 Å². The molecule has 1 aliphatic heterocycles.